The van der Waals surface area contributed by atoms with Gasteiger partial charge in [-0.15, -0.1) is 0 Å². The van der Waals surface area contributed by atoms with E-state index in [4.69, 9.17) is 4.74 Å². The minimum absolute atomic E-state index is 0.253. The SMILES string of the molecule is CCOCC(O)CC1(C(=O)O)CC2CCC1C2. The molecule has 0 spiro atoms. The van der Waals surface area contributed by atoms with Gasteiger partial charge < -0.3 is 14.9 Å². The van der Waals surface area contributed by atoms with Gasteiger partial charge in [0.15, 0.2) is 0 Å². The number of aliphatic hydroxyl groups is 1. The summed E-state index contributed by atoms with van der Waals surface area (Å²) in [5.74, 6) is 0.108. The second kappa shape index (κ2) is 4.94. The molecule has 4 heteroatoms. The fourth-order valence-electron chi connectivity index (χ4n) is 3.78. The highest BCUT2D eigenvalue weighted by molar-refractivity contribution is 5.76. The fraction of sp³-hybridized carbons (Fsp3) is 0.923. The molecule has 17 heavy (non-hydrogen) atoms. The van der Waals surface area contributed by atoms with E-state index in [9.17, 15) is 15.0 Å². The first-order chi connectivity index (χ1) is 8.08. The molecule has 2 aliphatic carbocycles. The van der Waals surface area contributed by atoms with E-state index in [0.29, 0.717) is 18.9 Å². The van der Waals surface area contributed by atoms with Crippen LogP contribution in [-0.4, -0.2) is 35.5 Å². The predicted molar refractivity (Wildman–Crippen MR) is 62.6 cm³/mol. The summed E-state index contributed by atoms with van der Waals surface area (Å²) in [6.45, 7) is 2.68. The summed E-state index contributed by atoms with van der Waals surface area (Å²) in [6, 6.07) is 0. The van der Waals surface area contributed by atoms with Crippen LogP contribution in [0.3, 0.4) is 0 Å². The average Bonchev–Trinajstić information content (AvgIpc) is 2.86. The zero-order valence-corrected chi connectivity index (χ0v) is 10.4. The van der Waals surface area contributed by atoms with Crippen molar-refractivity contribution in [2.24, 2.45) is 17.3 Å². The zero-order valence-electron chi connectivity index (χ0n) is 10.4. The number of carboxylic acid groups (broad SMARTS) is 1. The van der Waals surface area contributed by atoms with Gasteiger partial charge in [-0.1, -0.05) is 6.42 Å². The molecule has 0 radical (unpaired) electrons. The molecular weight excluding hydrogens is 220 g/mol. The van der Waals surface area contributed by atoms with Gasteiger partial charge in [-0.3, -0.25) is 4.79 Å². The summed E-state index contributed by atoms with van der Waals surface area (Å²) in [6.07, 6.45) is 3.66. The van der Waals surface area contributed by atoms with Gasteiger partial charge >= 0.3 is 5.97 Å². The molecule has 0 aromatic heterocycles. The number of hydrogen-bond acceptors (Lipinski definition) is 3. The Morgan fingerprint density at radius 2 is 2.29 bits per heavy atom. The van der Waals surface area contributed by atoms with Crippen molar-refractivity contribution in [3.8, 4) is 0 Å². The lowest BCUT2D eigenvalue weighted by atomic mass is 9.69. The summed E-state index contributed by atoms with van der Waals surface area (Å²) >= 11 is 0. The number of aliphatic carboxylic acids is 1. The third-order valence-corrected chi connectivity index (χ3v) is 4.52. The Morgan fingerprint density at radius 1 is 1.53 bits per heavy atom. The van der Waals surface area contributed by atoms with Crippen molar-refractivity contribution in [3.63, 3.8) is 0 Å². The quantitative estimate of drug-likeness (QED) is 0.743. The normalized spacial score (nSPS) is 37.3. The number of ether oxygens (including phenoxy) is 1. The number of carboxylic acids is 1. The van der Waals surface area contributed by atoms with E-state index in [1.165, 1.54) is 6.42 Å². The highest BCUT2D eigenvalue weighted by atomic mass is 16.5. The molecule has 2 bridgehead atoms. The number of carbonyl (C=O) groups is 1. The third-order valence-electron chi connectivity index (χ3n) is 4.52. The van der Waals surface area contributed by atoms with E-state index in [1.807, 2.05) is 6.92 Å². The molecule has 4 unspecified atom stereocenters. The smallest absolute Gasteiger partial charge is 0.310 e. The Morgan fingerprint density at radius 3 is 2.76 bits per heavy atom. The van der Waals surface area contributed by atoms with Crippen LogP contribution in [0.25, 0.3) is 0 Å². The molecule has 2 saturated carbocycles. The minimum atomic E-state index is -0.722. The van der Waals surface area contributed by atoms with Crippen LogP contribution in [-0.2, 0) is 9.53 Å². The molecule has 0 saturated heterocycles. The molecule has 0 aromatic carbocycles. The van der Waals surface area contributed by atoms with Crippen molar-refractivity contribution in [1.29, 1.82) is 0 Å². The van der Waals surface area contributed by atoms with Crippen LogP contribution in [0.2, 0.25) is 0 Å². The number of fused-ring (bicyclic) bond motifs is 2. The second-order valence-corrected chi connectivity index (χ2v) is 5.56. The first-order valence-electron chi connectivity index (χ1n) is 6.57. The van der Waals surface area contributed by atoms with Crippen LogP contribution in [0, 0.1) is 17.3 Å². The molecule has 0 amide bonds. The maximum Gasteiger partial charge on any atom is 0.310 e. The Balaban J connectivity index is 2.01. The van der Waals surface area contributed by atoms with E-state index in [-0.39, 0.29) is 12.5 Å². The molecule has 2 aliphatic rings. The monoisotopic (exact) mass is 242 g/mol. The van der Waals surface area contributed by atoms with Gasteiger partial charge in [-0.25, -0.2) is 0 Å². The first-order valence-corrected chi connectivity index (χ1v) is 6.57. The summed E-state index contributed by atoms with van der Waals surface area (Å²) in [7, 11) is 0. The molecular formula is C13H22O4. The van der Waals surface area contributed by atoms with Crippen molar-refractivity contribution in [2.45, 2.75) is 45.1 Å². The highest BCUT2D eigenvalue weighted by Crippen LogP contribution is 2.58. The molecule has 2 fully saturated rings. The topological polar surface area (TPSA) is 66.8 Å². The molecule has 4 atom stereocenters. The van der Waals surface area contributed by atoms with Crippen molar-refractivity contribution in [3.05, 3.63) is 0 Å². The Labute approximate surface area is 102 Å². The van der Waals surface area contributed by atoms with E-state index in [1.54, 1.807) is 0 Å². The average molecular weight is 242 g/mol. The summed E-state index contributed by atoms with van der Waals surface area (Å²) < 4.78 is 5.17. The van der Waals surface area contributed by atoms with Crippen molar-refractivity contribution in [2.75, 3.05) is 13.2 Å². The van der Waals surface area contributed by atoms with Crippen LogP contribution < -0.4 is 0 Å². The molecule has 0 aliphatic heterocycles. The van der Waals surface area contributed by atoms with E-state index in [2.05, 4.69) is 0 Å². The lowest BCUT2D eigenvalue weighted by Crippen LogP contribution is -2.40. The molecule has 2 N–H and O–H groups in total. The molecule has 2 rings (SSSR count). The van der Waals surface area contributed by atoms with Crippen LogP contribution in [0.4, 0.5) is 0 Å². The summed E-state index contributed by atoms with van der Waals surface area (Å²) in [5.41, 5.74) is -0.681. The van der Waals surface area contributed by atoms with Crippen LogP contribution >= 0.6 is 0 Å². The summed E-state index contributed by atoms with van der Waals surface area (Å²) in [4.78, 5) is 11.6. The molecule has 4 nitrogen and oxygen atoms in total. The Bertz CT molecular complexity index is 291. The van der Waals surface area contributed by atoms with Gasteiger partial charge in [0.2, 0.25) is 0 Å². The van der Waals surface area contributed by atoms with Crippen molar-refractivity contribution in [1.82, 2.24) is 0 Å². The molecule has 0 aromatic rings. The second-order valence-electron chi connectivity index (χ2n) is 5.56. The number of aliphatic hydroxyl groups excluding tert-OH is 1. The van der Waals surface area contributed by atoms with Gasteiger partial charge in [0.25, 0.3) is 0 Å². The van der Waals surface area contributed by atoms with Gasteiger partial charge in [0.05, 0.1) is 18.1 Å². The van der Waals surface area contributed by atoms with Crippen molar-refractivity contribution >= 4 is 5.97 Å². The third kappa shape index (κ3) is 2.33. The van der Waals surface area contributed by atoms with Gasteiger partial charge in [0, 0.05) is 6.61 Å². The van der Waals surface area contributed by atoms with Gasteiger partial charge in [0.1, 0.15) is 0 Å². The van der Waals surface area contributed by atoms with Crippen LogP contribution in [0.15, 0.2) is 0 Å². The lowest BCUT2D eigenvalue weighted by Gasteiger charge is -2.35. The van der Waals surface area contributed by atoms with Crippen LogP contribution in [0.1, 0.15) is 39.0 Å². The maximum atomic E-state index is 11.6. The van der Waals surface area contributed by atoms with Gasteiger partial charge in [-0.05, 0) is 44.4 Å². The van der Waals surface area contributed by atoms with E-state index < -0.39 is 17.5 Å². The largest absolute Gasteiger partial charge is 0.481 e. The predicted octanol–water partition coefficient (Wildman–Crippen LogP) is 1.66. The van der Waals surface area contributed by atoms with Crippen molar-refractivity contribution < 1.29 is 19.7 Å². The molecule has 0 heterocycles. The van der Waals surface area contributed by atoms with E-state index in [0.717, 1.165) is 19.3 Å². The maximum absolute atomic E-state index is 11.6. The molecule has 98 valence electrons. The fourth-order valence-corrected chi connectivity index (χ4v) is 3.78. The minimum Gasteiger partial charge on any atom is -0.481 e. The first kappa shape index (κ1) is 12.8. The number of rotatable bonds is 6. The Kier molecular flexibility index (Phi) is 3.73. The van der Waals surface area contributed by atoms with Gasteiger partial charge in [-0.2, -0.15) is 0 Å². The highest BCUT2D eigenvalue weighted by Gasteiger charge is 2.56. The summed E-state index contributed by atoms with van der Waals surface area (Å²) in [5, 5.41) is 19.4. The standard InChI is InChI=1S/C13H22O4/c1-2-17-8-11(14)7-13(12(15)16)6-9-3-4-10(13)5-9/h9-11,14H,2-8H2,1H3,(H,15,16). The van der Waals surface area contributed by atoms with Crippen LogP contribution in [0.5, 0.6) is 0 Å². The van der Waals surface area contributed by atoms with E-state index >= 15 is 0 Å². The Hall–Kier alpha value is -0.610. The lowest BCUT2D eigenvalue weighted by molar-refractivity contribution is -0.155. The zero-order chi connectivity index (χ0) is 12.5. The number of hydrogen-bond donors (Lipinski definition) is 2.